The van der Waals surface area contributed by atoms with Crippen molar-refractivity contribution in [2.45, 2.75) is 0 Å². The van der Waals surface area contributed by atoms with Gasteiger partial charge < -0.3 is 0 Å². The normalized spacial score (nSPS) is 11.0. The molecule has 0 atom stereocenters. The Bertz CT molecular complexity index is 974. The number of fused-ring (bicyclic) bond motifs is 1. The van der Waals surface area contributed by atoms with E-state index in [1.54, 1.807) is 0 Å². The van der Waals surface area contributed by atoms with Gasteiger partial charge in [0, 0.05) is 26.3 Å². The molecule has 0 spiro atoms. The summed E-state index contributed by atoms with van der Waals surface area (Å²) in [6.45, 7) is 0. The van der Waals surface area contributed by atoms with Crippen LogP contribution in [0, 0.1) is 0 Å². The molecule has 5 heteroatoms. The first-order valence-corrected chi connectivity index (χ1v) is 8.65. The standard InChI is InChI=1S/C18H11Br2N3/c19-14-5-1-12(2-6-14)16-11-22-23-17(9-10-21-18(16)23)13-3-7-15(20)8-4-13/h1-11H. The van der Waals surface area contributed by atoms with Gasteiger partial charge in [-0.3, -0.25) is 0 Å². The van der Waals surface area contributed by atoms with E-state index in [4.69, 9.17) is 0 Å². The van der Waals surface area contributed by atoms with Crippen molar-refractivity contribution in [3.05, 3.63) is 75.9 Å². The van der Waals surface area contributed by atoms with Gasteiger partial charge in [-0.15, -0.1) is 0 Å². The number of aromatic nitrogens is 3. The van der Waals surface area contributed by atoms with Crippen molar-refractivity contribution in [2.75, 3.05) is 0 Å². The van der Waals surface area contributed by atoms with E-state index in [2.05, 4.69) is 66.2 Å². The molecule has 0 amide bonds. The second kappa shape index (κ2) is 5.91. The topological polar surface area (TPSA) is 30.2 Å². The largest absolute Gasteiger partial charge is 0.236 e. The quantitative estimate of drug-likeness (QED) is 0.416. The summed E-state index contributed by atoms with van der Waals surface area (Å²) >= 11 is 6.94. The molecule has 0 radical (unpaired) electrons. The third-order valence-corrected chi connectivity index (χ3v) is 4.75. The van der Waals surface area contributed by atoms with E-state index >= 15 is 0 Å². The molecule has 2 aromatic carbocycles. The lowest BCUT2D eigenvalue weighted by Crippen LogP contribution is -1.95. The first-order valence-electron chi connectivity index (χ1n) is 7.07. The zero-order valence-electron chi connectivity index (χ0n) is 11.9. The highest BCUT2D eigenvalue weighted by Gasteiger charge is 2.11. The Hall–Kier alpha value is -1.98. The lowest BCUT2D eigenvalue weighted by atomic mass is 10.1. The highest BCUT2D eigenvalue weighted by atomic mass is 79.9. The van der Waals surface area contributed by atoms with Crippen LogP contribution in [-0.4, -0.2) is 14.6 Å². The molecule has 0 aliphatic rings. The zero-order chi connectivity index (χ0) is 15.8. The number of halogens is 2. The Kier molecular flexibility index (Phi) is 3.75. The number of hydrogen-bond donors (Lipinski definition) is 0. The van der Waals surface area contributed by atoms with Crippen LogP contribution in [0.4, 0.5) is 0 Å². The summed E-state index contributed by atoms with van der Waals surface area (Å²) in [7, 11) is 0. The Morgan fingerprint density at radius 3 is 2.00 bits per heavy atom. The molecule has 0 aliphatic heterocycles. The van der Waals surface area contributed by atoms with Crippen LogP contribution in [0.5, 0.6) is 0 Å². The van der Waals surface area contributed by atoms with Crippen LogP contribution >= 0.6 is 31.9 Å². The minimum atomic E-state index is 0.854. The van der Waals surface area contributed by atoms with Crippen molar-refractivity contribution < 1.29 is 0 Å². The second-order valence-corrected chi connectivity index (χ2v) is 6.97. The maximum absolute atomic E-state index is 4.55. The molecule has 3 nitrogen and oxygen atoms in total. The van der Waals surface area contributed by atoms with Crippen LogP contribution in [0.1, 0.15) is 0 Å². The van der Waals surface area contributed by atoms with Gasteiger partial charge in [0.2, 0.25) is 0 Å². The molecule has 2 heterocycles. The van der Waals surface area contributed by atoms with Crippen molar-refractivity contribution in [2.24, 2.45) is 0 Å². The average molecular weight is 429 g/mol. The van der Waals surface area contributed by atoms with Gasteiger partial charge in [0.15, 0.2) is 5.65 Å². The molecule has 4 rings (SSSR count). The highest BCUT2D eigenvalue weighted by molar-refractivity contribution is 9.10. The summed E-state index contributed by atoms with van der Waals surface area (Å²) in [5, 5.41) is 4.55. The predicted octanol–water partition coefficient (Wildman–Crippen LogP) is 5.59. The summed E-state index contributed by atoms with van der Waals surface area (Å²) in [6.07, 6.45) is 3.70. The fourth-order valence-corrected chi connectivity index (χ4v) is 3.09. The van der Waals surface area contributed by atoms with Crippen LogP contribution in [0.25, 0.3) is 28.0 Å². The predicted molar refractivity (Wildman–Crippen MR) is 99.3 cm³/mol. The van der Waals surface area contributed by atoms with E-state index in [1.165, 1.54) is 0 Å². The molecular formula is C18H11Br2N3. The van der Waals surface area contributed by atoms with Crippen LogP contribution in [0.3, 0.4) is 0 Å². The first-order chi connectivity index (χ1) is 11.2. The van der Waals surface area contributed by atoms with Gasteiger partial charge in [0.05, 0.1) is 11.9 Å². The molecule has 0 saturated carbocycles. The highest BCUT2D eigenvalue weighted by Crippen LogP contribution is 2.28. The molecule has 0 saturated heterocycles. The summed E-state index contributed by atoms with van der Waals surface area (Å²) < 4.78 is 4.00. The summed E-state index contributed by atoms with van der Waals surface area (Å²) in [4.78, 5) is 4.52. The SMILES string of the molecule is Brc1ccc(-c2cnn3c(-c4ccc(Br)cc4)ccnc23)cc1. The van der Waals surface area contributed by atoms with E-state index in [0.717, 1.165) is 37.0 Å². The van der Waals surface area contributed by atoms with Crippen LogP contribution < -0.4 is 0 Å². The average Bonchev–Trinajstić information content (AvgIpc) is 3.00. The minimum Gasteiger partial charge on any atom is -0.236 e. The van der Waals surface area contributed by atoms with Crippen LogP contribution in [0.15, 0.2) is 75.9 Å². The van der Waals surface area contributed by atoms with Crippen LogP contribution in [0.2, 0.25) is 0 Å². The van der Waals surface area contributed by atoms with E-state index in [1.807, 2.05) is 47.2 Å². The molecule has 112 valence electrons. The van der Waals surface area contributed by atoms with Crippen molar-refractivity contribution in [1.29, 1.82) is 0 Å². The minimum absolute atomic E-state index is 0.854. The van der Waals surface area contributed by atoms with Crippen molar-refractivity contribution in [3.63, 3.8) is 0 Å². The Labute approximate surface area is 150 Å². The summed E-state index contributed by atoms with van der Waals surface area (Å²) in [6, 6.07) is 18.4. The Morgan fingerprint density at radius 1 is 0.739 bits per heavy atom. The number of nitrogens with zero attached hydrogens (tertiary/aromatic N) is 3. The lowest BCUT2D eigenvalue weighted by Gasteiger charge is -2.05. The molecule has 23 heavy (non-hydrogen) atoms. The van der Waals surface area contributed by atoms with Crippen LogP contribution in [-0.2, 0) is 0 Å². The van der Waals surface area contributed by atoms with Gasteiger partial charge in [-0.1, -0.05) is 56.1 Å². The van der Waals surface area contributed by atoms with E-state index in [-0.39, 0.29) is 0 Å². The molecular weight excluding hydrogens is 418 g/mol. The summed E-state index contributed by atoms with van der Waals surface area (Å²) in [5.74, 6) is 0. The maximum atomic E-state index is 4.55. The van der Waals surface area contributed by atoms with Gasteiger partial charge in [0.25, 0.3) is 0 Å². The number of rotatable bonds is 2. The molecule has 0 bridgehead atoms. The summed E-state index contributed by atoms with van der Waals surface area (Å²) in [5.41, 5.74) is 5.10. The number of benzene rings is 2. The van der Waals surface area contributed by atoms with Gasteiger partial charge in [-0.05, 0) is 35.9 Å². The van der Waals surface area contributed by atoms with Gasteiger partial charge in [-0.25, -0.2) is 9.50 Å². The monoisotopic (exact) mass is 427 g/mol. The van der Waals surface area contributed by atoms with Crippen molar-refractivity contribution >= 4 is 37.5 Å². The molecule has 0 fully saturated rings. The fourth-order valence-electron chi connectivity index (χ4n) is 2.56. The van der Waals surface area contributed by atoms with E-state index in [9.17, 15) is 0 Å². The van der Waals surface area contributed by atoms with E-state index in [0.29, 0.717) is 0 Å². The third kappa shape index (κ3) is 2.71. The molecule has 4 aromatic rings. The van der Waals surface area contributed by atoms with Crippen molar-refractivity contribution in [1.82, 2.24) is 14.6 Å². The van der Waals surface area contributed by atoms with Gasteiger partial charge in [0.1, 0.15) is 0 Å². The molecule has 0 aliphatic carbocycles. The zero-order valence-corrected chi connectivity index (χ0v) is 15.1. The van der Waals surface area contributed by atoms with E-state index < -0.39 is 0 Å². The first kappa shape index (κ1) is 14.6. The maximum Gasteiger partial charge on any atom is 0.163 e. The number of hydrogen-bond acceptors (Lipinski definition) is 2. The fraction of sp³-hybridized carbons (Fsp3) is 0. The Balaban J connectivity index is 1.89. The van der Waals surface area contributed by atoms with Gasteiger partial charge in [-0.2, -0.15) is 5.10 Å². The Morgan fingerprint density at radius 2 is 1.35 bits per heavy atom. The second-order valence-electron chi connectivity index (χ2n) is 5.14. The van der Waals surface area contributed by atoms with Crippen molar-refractivity contribution in [3.8, 4) is 22.4 Å². The van der Waals surface area contributed by atoms with Gasteiger partial charge >= 0.3 is 0 Å². The smallest absolute Gasteiger partial charge is 0.163 e. The molecule has 0 unspecified atom stereocenters. The lowest BCUT2D eigenvalue weighted by molar-refractivity contribution is 0.948. The molecule has 0 N–H and O–H groups in total. The molecule has 2 aromatic heterocycles. The third-order valence-electron chi connectivity index (χ3n) is 3.70.